The molecule has 160 valence electrons. The number of aliphatic carboxylic acids is 1. The van der Waals surface area contributed by atoms with Crippen molar-refractivity contribution in [3.8, 4) is 16.9 Å². The highest BCUT2D eigenvalue weighted by Crippen LogP contribution is 2.54. The van der Waals surface area contributed by atoms with E-state index in [9.17, 15) is 18.3 Å². The van der Waals surface area contributed by atoms with Gasteiger partial charge in [0.1, 0.15) is 11.3 Å². The Morgan fingerprint density at radius 3 is 2.19 bits per heavy atom. The first-order valence-electron chi connectivity index (χ1n) is 9.53. The molecule has 0 heterocycles. The summed E-state index contributed by atoms with van der Waals surface area (Å²) in [4.78, 5) is 12.1. The van der Waals surface area contributed by atoms with Gasteiger partial charge in [0.2, 0.25) is 10.0 Å². The first-order valence-corrected chi connectivity index (χ1v) is 11.4. The fraction of sp³-hybridized carbons (Fsp3) is 0.174. The zero-order chi connectivity index (χ0) is 22.2. The topological polar surface area (TPSA) is 92.7 Å². The van der Waals surface area contributed by atoms with Crippen LogP contribution in [-0.2, 0) is 14.8 Å². The van der Waals surface area contributed by atoms with Crippen LogP contribution in [0.15, 0.2) is 77.7 Å². The van der Waals surface area contributed by atoms with Crippen molar-refractivity contribution in [2.75, 3.05) is 7.11 Å². The summed E-state index contributed by atoms with van der Waals surface area (Å²) < 4.78 is 33.7. The lowest BCUT2D eigenvalue weighted by Gasteiger charge is -2.17. The summed E-state index contributed by atoms with van der Waals surface area (Å²) >= 11 is 5.91. The number of carboxylic acids is 1. The number of carboxylic acid groups (broad SMARTS) is 1. The van der Waals surface area contributed by atoms with E-state index < -0.39 is 27.4 Å². The van der Waals surface area contributed by atoms with E-state index in [1.807, 2.05) is 12.1 Å². The predicted octanol–water partition coefficient (Wildman–Crippen LogP) is 4.30. The van der Waals surface area contributed by atoms with Crippen LogP contribution >= 0.6 is 11.6 Å². The molecular formula is C23H20ClNO5S. The smallest absolute Gasteiger partial charge is 0.325 e. The van der Waals surface area contributed by atoms with Crippen LogP contribution in [0.1, 0.15) is 17.9 Å². The molecule has 4 rings (SSSR count). The van der Waals surface area contributed by atoms with E-state index in [0.29, 0.717) is 16.3 Å². The van der Waals surface area contributed by atoms with Crippen molar-refractivity contribution in [3.05, 3.63) is 83.4 Å². The molecular weight excluding hydrogens is 438 g/mol. The van der Waals surface area contributed by atoms with Crippen molar-refractivity contribution in [3.63, 3.8) is 0 Å². The van der Waals surface area contributed by atoms with E-state index in [0.717, 1.165) is 11.1 Å². The molecule has 31 heavy (non-hydrogen) atoms. The van der Waals surface area contributed by atoms with Crippen LogP contribution in [0.2, 0.25) is 5.02 Å². The van der Waals surface area contributed by atoms with Crippen LogP contribution < -0.4 is 9.46 Å². The number of sulfonamides is 1. The van der Waals surface area contributed by atoms with Gasteiger partial charge < -0.3 is 9.84 Å². The summed E-state index contributed by atoms with van der Waals surface area (Å²) in [6.45, 7) is 0. The van der Waals surface area contributed by atoms with Gasteiger partial charge in [-0.1, -0.05) is 54.1 Å². The minimum Gasteiger partial charge on any atom is -0.496 e. The van der Waals surface area contributed by atoms with E-state index >= 15 is 0 Å². The molecule has 0 aliphatic heterocycles. The van der Waals surface area contributed by atoms with Gasteiger partial charge in [0.25, 0.3) is 0 Å². The molecule has 1 saturated carbocycles. The predicted molar refractivity (Wildman–Crippen MR) is 118 cm³/mol. The number of halogens is 1. The van der Waals surface area contributed by atoms with Gasteiger partial charge in [0, 0.05) is 10.9 Å². The summed E-state index contributed by atoms with van der Waals surface area (Å²) in [5, 5.41) is 10.5. The Bertz CT molecular complexity index is 1230. The molecule has 1 aliphatic rings. The van der Waals surface area contributed by atoms with Crippen molar-refractivity contribution in [1.82, 2.24) is 4.72 Å². The molecule has 6 nitrogen and oxygen atoms in total. The molecule has 3 aromatic carbocycles. The van der Waals surface area contributed by atoms with Crippen LogP contribution in [0.5, 0.6) is 5.75 Å². The van der Waals surface area contributed by atoms with Gasteiger partial charge >= 0.3 is 5.97 Å². The zero-order valence-electron chi connectivity index (χ0n) is 16.6. The van der Waals surface area contributed by atoms with Crippen LogP contribution in [-0.4, -0.2) is 32.1 Å². The van der Waals surface area contributed by atoms with E-state index in [1.54, 1.807) is 48.5 Å². The minimum atomic E-state index is -4.06. The number of para-hydroxylation sites is 1. The third kappa shape index (κ3) is 4.04. The minimum absolute atomic E-state index is 0.00323. The number of methoxy groups -OCH3 is 1. The molecule has 0 radical (unpaired) electrons. The second-order valence-corrected chi connectivity index (χ2v) is 9.53. The van der Waals surface area contributed by atoms with Gasteiger partial charge in [0.15, 0.2) is 0 Å². The van der Waals surface area contributed by atoms with E-state index in [1.165, 1.54) is 19.2 Å². The summed E-state index contributed by atoms with van der Waals surface area (Å²) in [6, 6.07) is 20.5. The van der Waals surface area contributed by atoms with Gasteiger partial charge in [-0.3, -0.25) is 4.79 Å². The van der Waals surface area contributed by atoms with E-state index in [4.69, 9.17) is 16.3 Å². The maximum atomic E-state index is 13.0. The maximum absolute atomic E-state index is 13.0. The summed E-state index contributed by atoms with van der Waals surface area (Å²) in [5.41, 5.74) is 0.763. The van der Waals surface area contributed by atoms with E-state index in [-0.39, 0.29) is 11.3 Å². The summed E-state index contributed by atoms with van der Waals surface area (Å²) in [5.74, 6) is -1.21. The Balaban J connectivity index is 1.60. The Labute approximate surface area is 185 Å². The van der Waals surface area contributed by atoms with E-state index in [2.05, 4.69) is 4.72 Å². The van der Waals surface area contributed by atoms with Gasteiger partial charge in [-0.25, -0.2) is 8.42 Å². The average Bonchev–Trinajstić information content (AvgIpc) is 3.49. The average molecular weight is 458 g/mol. The van der Waals surface area contributed by atoms with Crippen LogP contribution in [0.4, 0.5) is 0 Å². The third-order valence-corrected chi connectivity index (χ3v) is 7.29. The molecule has 3 aromatic rings. The summed E-state index contributed by atoms with van der Waals surface area (Å²) in [6.07, 6.45) is 0.144. The second-order valence-electron chi connectivity index (χ2n) is 7.41. The molecule has 0 bridgehead atoms. The Hall–Kier alpha value is -2.87. The number of rotatable bonds is 7. The van der Waals surface area contributed by atoms with Crippen molar-refractivity contribution >= 4 is 27.6 Å². The fourth-order valence-electron chi connectivity index (χ4n) is 3.75. The van der Waals surface area contributed by atoms with Crippen molar-refractivity contribution in [2.24, 2.45) is 0 Å². The molecule has 0 saturated heterocycles. The van der Waals surface area contributed by atoms with Crippen molar-refractivity contribution in [1.29, 1.82) is 0 Å². The Kier molecular flexibility index (Phi) is 5.51. The molecule has 2 unspecified atom stereocenters. The number of benzene rings is 3. The van der Waals surface area contributed by atoms with Crippen molar-refractivity contribution in [2.45, 2.75) is 22.8 Å². The molecule has 0 aromatic heterocycles. The second kappa shape index (κ2) is 8.00. The number of carbonyl (C=O) groups is 1. The largest absolute Gasteiger partial charge is 0.496 e. The number of ether oxygens (including phenoxy) is 1. The number of hydrogen-bond acceptors (Lipinski definition) is 4. The normalized spacial score (nSPS) is 20.3. The SMILES string of the molecule is COc1ccccc1C1CC1(NS(=O)(=O)c1ccc(-c2ccc(Cl)cc2)cc1)C(=O)O. The maximum Gasteiger partial charge on any atom is 0.325 e. The molecule has 8 heteroatoms. The lowest BCUT2D eigenvalue weighted by Crippen LogP contribution is -2.44. The number of nitrogens with one attached hydrogen (secondary N) is 1. The quantitative estimate of drug-likeness (QED) is 0.551. The summed E-state index contributed by atoms with van der Waals surface area (Å²) in [7, 11) is -2.56. The zero-order valence-corrected chi connectivity index (χ0v) is 18.2. The van der Waals surface area contributed by atoms with Crippen LogP contribution in [0, 0.1) is 0 Å². The molecule has 1 fully saturated rings. The number of hydrogen-bond donors (Lipinski definition) is 2. The molecule has 2 N–H and O–H groups in total. The lowest BCUT2D eigenvalue weighted by atomic mass is 10.1. The lowest BCUT2D eigenvalue weighted by molar-refractivity contribution is -0.140. The Morgan fingerprint density at radius 2 is 1.61 bits per heavy atom. The Morgan fingerprint density at radius 1 is 1.03 bits per heavy atom. The van der Waals surface area contributed by atoms with Gasteiger partial charge in [-0.2, -0.15) is 4.72 Å². The van der Waals surface area contributed by atoms with Crippen LogP contribution in [0.25, 0.3) is 11.1 Å². The first kappa shape index (κ1) is 21.4. The fourth-order valence-corrected chi connectivity index (χ4v) is 5.28. The monoisotopic (exact) mass is 457 g/mol. The highest BCUT2D eigenvalue weighted by Gasteiger charge is 2.64. The van der Waals surface area contributed by atoms with Gasteiger partial charge in [-0.15, -0.1) is 0 Å². The van der Waals surface area contributed by atoms with Crippen LogP contribution in [0.3, 0.4) is 0 Å². The molecule has 2 atom stereocenters. The molecule has 1 aliphatic carbocycles. The van der Waals surface area contributed by atoms with Gasteiger partial charge in [-0.05, 0) is 53.4 Å². The highest BCUT2D eigenvalue weighted by molar-refractivity contribution is 7.89. The first-order chi connectivity index (χ1) is 14.8. The standard InChI is InChI=1S/C23H20ClNO5S/c1-30-21-5-3-2-4-19(21)20-14-23(20,22(26)27)25-31(28,29)18-12-8-16(9-13-18)15-6-10-17(24)11-7-15/h2-13,20,25H,14H2,1H3,(H,26,27). The third-order valence-electron chi connectivity index (χ3n) is 5.52. The molecule has 0 spiro atoms. The van der Waals surface area contributed by atoms with Crippen molar-refractivity contribution < 1.29 is 23.1 Å². The highest BCUT2D eigenvalue weighted by atomic mass is 35.5. The van der Waals surface area contributed by atoms with Gasteiger partial charge in [0.05, 0.1) is 12.0 Å². The molecule has 0 amide bonds.